The topological polar surface area (TPSA) is 44.5 Å². The average Bonchev–Trinajstić information content (AvgIpc) is 3.56. The SMILES string of the molecule is Cc1ccc(-c2ccc([C@H]3[C@H](c4ccccn4)NC(=S)N3c3ccc(N4CCC(C)CC4)c(Cl)c3)o2)cc1Cl. The standard InChI is InChI=1S/C31H30Cl2N4OS/c1-19-12-15-36(16-13-19)26-9-8-22(18-24(26)33)37-30(29(35-31(37)39)25-5-3-4-14-34-25)28-11-10-27(38-28)21-7-6-20(2)23(32)17-21/h3-11,14,17-19,29-30H,12-13,15-16H2,1-2H3,(H,35,39)/t29-,30-/m0/s1. The Labute approximate surface area is 244 Å². The molecule has 2 atom stereocenters. The summed E-state index contributed by atoms with van der Waals surface area (Å²) in [5.41, 5.74) is 4.81. The zero-order valence-electron chi connectivity index (χ0n) is 21.9. The first-order chi connectivity index (χ1) is 18.9. The highest BCUT2D eigenvalue weighted by Crippen LogP contribution is 2.44. The molecule has 0 saturated carbocycles. The molecule has 0 unspecified atom stereocenters. The predicted molar refractivity (Wildman–Crippen MR) is 164 cm³/mol. The minimum absolute atomic E-state index is 0.207. The van der Waals surface area contributed by atoms with Gasteiger partial charge in [-0.15, -0.1) is 0 Å². The number of nitrogens with zero attached hydrogens (tertiary/aromatic N) is 3. The number of hydrogen-bond donors (Lipinski definition) is 1. The Morgan fingerprint density at radius 1 is 0.974 bits per heavy atom. The van der Waals surface area contributed by atoms with Crippen molar-refractivity contribution in [3.05, 3.63) is 100.0 Å². The van der Waals surface area contributed by atoms with Crippen LogP contribution in [0, 0.1) is 12.8 Å². The van der Waals surface area contributed by atoms with E-state index in [1.165, 1.54) is 12.8 Å². The molecule has 39 heavy (non-hydrogen) atoms. The van der Waals surface area contributed by atoms with Crippen molar-refractivity contribution in [3.8, 4) is 11.3 Å². The molecule has 2 fully saturated rings. The van der Waals surface area contributed by atoms with Gasteiger partial charge in [-0.3, -0.25) is 4.98 Å². The van der Waals surface area contributed by atoms with Gasteiger partial charge in [0.15, 0.2) is 5.11 Å². The summed E-state index contributed by atoms with van der Waals surface area (Å²) >= 11 is 19.2. The number of anilines is 2. The highest BCUT2D eigenvalue weighted by atomic mass is 35.5. The second-order valence-corrected chi connectivity index (χ2v) is 11.7. The summed E-state index contributed by atoms with van der Waals surface area (Å²) in [4.78, 5) is 9.12. The Morgan fingerprint density at radius 3 is 2.51 bits per heavy atom. The van der Waals surface area contributed by atoms with Crippen LogP contribution >= 0.6 is 35.4 Å². The summed E-state index contributed by atoms with van der Waals surface area (Å²) in [6.45, 7) is 6.34. The van der Waals surface area contributed by atoms with Gasteiger partial charge in [-0.25, -0.2) is 0 Å². The zero-order valence-corrected chi connectivity index (χ0v) is 24.2. The number of rotatable bonds is 5. The van der Waals surface area contributed by atoms with E-state index in [1.54, 1.807) is 6.20 Å². The van der Waals surface area contributed by atoms with Crippen LogP contribution in [-0.2, 0) is 0 Å². The average molecular weight is 578 g/mol. The maximum absolute atomic E-state index is 6.90. The lowest BCUT2D eigenvalue weighted by Crippen LogP contribution is -2.33. The highest BCUT2D eigenvalue weighted by Gasteiger charge is 2.42. The third-order valence-electron chi connectivity index (χ3n) is 7.81. The van der Waals surface area contributed by atoms with Crippen LogP contribution in [0.15, 0.2) is 77.3 Å². The maximum Gasteiger partial charge on any atom is 0.174 e. The van der Waals surface area contributed by atoms with Gasteiger partial charge in [0.1, 0.15) is 17.6 Å². The Balaban J connectivity index is 1.38. The maximum atomic E-state index is 6.90. The number of hydrogen-bond acceptors (Lipinski definition) is 4. The van der Waals surface area contributed by atoms with Gasteiger partial charge in [-0.1, -0.05) is 48.3 Å². The van der Waals surface area contributed by atoms with Crippen molar-refractivity contribution in [2.45, 2.75) is 38.8 Å². The lowest BCUT2D eigenvalue weighted by atomic mass is 9.98. The molecule has 0 amide bonds. The highest BCUT2D eigenvalue weighted by molar-refractivity contribution is 7.80. The van der Waals surface area contributed by atoms with Crippen LogP contribution < -0.4 is 15.1 Å². The number of benzene rings is 2. The summed E-state index contributed by atoms with van der Waals surface area (Å²) in [6, 6.07) is 21.6. The first-order valence-electron chi connectivity index (χ1n) is 13.3. The van der Waals surface area contributed by atoms with Crippen molar-refractivity contribution in [1.82, 2.24) is 10.3 Å². The number of pyridine rings is 1. The number of halogens is 2. The fourth-order valence-corrected chi connectivity index (χ4v) is 6.31. The van der Waals surface area contributed by atoms with Gasteiger partial charge in [0.05, 0.1) is 22.4 Å². The molecule has 2 aromatic carbocycles. The molecule has 200 valence electrons. The normalized spacial score (nSPS) is 19.9. The van der Waals surface area contributed by atoms with Crippen molar-refractivity contribution < 1.29 is 4.42 Å². The van der Waals surface area contributed by atoms with Crippen LogP contribution in [-0.4, -0.2) is 23.2 Å². The first-order valence-corrected chi connectivity index (χ1v) is 14.5. The fourth-order valence-electron chi connectivity index (χ4n) is 5.49. The van der Waals surface area contributed by atoms with Crippen molar-refractivity contribution in [3.63, 3.8) is 0 Å². The van der Waals surface area contributed by atoms with E-state index in [4.69, 9.17) is 39.8 Å². The molecule has 2 saturated heterocycles. The Hall–Kier alpha value is -3.06. The van der Waals surface area contributed by atoms with Gasteiger partial charge in [0, 0.05) is 35.6 Å². The van der Waals surface area contributed by atoms with Crippen molar-refractivity contribution >= 4 is 51.9 Å². The second kappa shape index (κ2) is 10.8. The lowest BCUT2D eigenvalue weighted by molar-refractivity contribution is 0.438. The zero-order chi connectivity index (χ0) is 27.1. The molecule has 2 aliphatic heterocycles. The van der Waals surface area contributed by atoms with Crippen LogP contribution in [0.4, 0.5) is 11.4 Å². The molecule has 4 heterocycles. The van der Waals surface area contributed by atoms with E-state index in [0.29, 0.717) is 10.1 Å². The summed E-state index contributed by atoms with van der Waals surface area (Å²) in [5, 5.41) is 5.53. The summed E-state index contributed by atoms with van der Waals surface area (Å²) in [5.74, 6) is 2.28. The fraction of sp³-hybridized carbons (Fsp3) is 0.290. The number of piperidine rings is 1. The third-order valence-corrected chi connectivity index (χ3v) is 8.83. The van der Waals surface area contributed by atoms with Crippen molar-refractivity contribution in [1.29, 1.82) is 0 Å². The molecule has 6 rings (SSSR count). The van der Waals surface area contributed by atoms with Gasteiger partial charge in [-0.2, -0.15) is 0 Å². The quantitative estimate of drug-likeness (QED) is 0.241. The minimum atomic E-state index is -0.264. The molecule has 2 aliphatic rings. The largest absolute Gasteiger partial charge is 0.459 e. The molecule has 8 heteroatoms. The Bertz CT molecular complexity index is 1500. The van der Waals surface area contributed by atoms with E-state index in [0.717, 1.165) is 63.7 Å². The van der Waals surface area contributed by atoms with E-state index >= 15 is 0 Å². The Morgan fingerprint density at radius 2 is 1.79 bits per heavy atom. The molecular weight excluding hydrogens is 547 g/mol. The van der Waals surface area contributed by atoms with E-state index in [2.05, 4.69) is 39.2 Å². The molecular formula is C31H30Cl2N4OS. The van der Waals surface area contributed by atoms with E-state index in [9.17, 15) is 0 Å². The molecule has 0 aliphatic carbocycles. The van der Waals surface area contributed by atoms with Crippen LogP contribution in [0.2, 0.25) is 10.0 Å². The van der Waals surface area contributed by atoms with E-state index in [-0.39, 0.29) is 12.1 Å². The molecule has 0 radical (unpaired) electrons. The number of thiocarbonyl (C=S) groups is 1. The summed E-state index contributed by atoms with van der Waals surface area (Å²) in [7, 11) is 0. The minimum Gasteiger partial charge on any atom is -0.459 e. The second-order valence-electron chi connectivity index (χ2n) is 10.5. The molecule has 4 aromatic rings. The van der Waals surface area contributed by atoms with Gasteiger partial charge < -0.3 is 19.5 Å². The van der Waals surface area contributed by atoms with Gasteiger partial charge >= 0.3 is 0 Å². The third kappa shape index (κ3) is 5.13. The molecule has 0 bridgehead atoms. The number of aromatic nitrogens is 1. The monoisotopic (exact) mass is 576 g/mol. The molecule has 5 nitrogen and oxygen atoms in total. The first kappa shape index (κ1) is 26.2. The van der Waals surface area contributed by atoms with Crippen LogP contribution in [0.5, 0.6) is 0 Å². The van der Waals surface area contributed by atoms with Crippen molar-refractivity contribution in [2.75, 3.05) is 22.9 Å². The van der Waals surface area contributed by atoms with E-state index in [1.807, 2.05) is 61.5 Å². The molecule has 0 spiro atoms. The smallest absolute Gasteiger partial charge is 0.174 e. The predicted octanol–water partition coefficient (Wildman–Crippen LogP) is 8.37. The number of aryl methyl sites for hydroxylation is 1. The molecule has 2 aromatic heterocycles. The number of furan rings is 1. The van der Waals surface area contributed by atoms with Crippen molar-refractivity contribution in [2.24, 2.45) is 5.92 Å². The van der Waals surface area contributed by atoms with Crippen LogP contribution in [0.1, 0.15) is 48.9 Å². The summed E-state index contributed by atoms with van der Waals surface area (Å²) < 4.78 is 6.49. The lowest BCUT2D eigenvalue weighted by Gasteiger charge is -2.33. The summed E-state index contributed by atoms with van der Waals surface area (Å²) in [6.07, 6.45) is 4.16. The van der Waals surface area contributed by atoms with Crippen LogP contribution in [0.3, 0.4) is 0 Å². The molecule has 1 N–H and O–H groups in total. The van der Waals surface area contributed by atoms with E-state index < -0.39 is 0 Å². The Kier molecular flexibility index (Phi) is 7.27. The van der Waals surface area contributed by atoms with Gasteiger partial charge in [-0.05, 0) is 92.0 Å². The van der Waals surface area contributed by atoms with Gasteiger partial charge in [0.25, 0.3) is 0 Å². The van der Waals surface area contributed by atoms with Gasteiger partial charge in [0.2, 0.25) is 0 Å². The number of nitrogens with one attached hydrogen (secondary N) is 1. The van der Waals surface area contributed by atoms with Crippen LogP contribution in [0.25, 0.3) is 11.3 Å².